The molecule has 194 valence electrons. The van der Waals surface area contributed by atoms with Gasteiger partial charge < -0.3 is 24.3 Å². The van der Waals surface area contributed by atoms with E-state index in [4.69, 9.17) is 9.47 Å². The Labute approximate surface area is 214 Å². The first kappa shape index (κ1) is 27.3. The van der Waals surface area contributed by atoms with Gasteiger partial charge in [-0.05, 0) is 42.7 Å². The van der Waals surface area contributed by atoms with Gasteiger partial charge in [0.1, 0.15) is 5.75 Å². The van der Waals surface area contributed by atoms with Crippen LogP contribution in [0.15, 0.2) is 54.7 Å². The lowest BCUT2D eigenvalue weighted by molar-refractivity contribution is -0.146. The van der Waals surface area contributed by atoms with Gasteiger partial charge in [-0.1, -0.05) is 51.1 Å². The van der Waals surface area contributed by atoms with Crippen molar-refractivity contribution in [2.24, 2.45) is 5.41 Å². The summed E-state index contributed by atoms with van der Waals surface area (Å²) in [6, 6.07) is 16.0. The molecule has 1 N–H and O–H groups in total. The molecule has 0 unspecified atom stereocenters. The first-order chi connectivity index (χ1) is 17.2. The van der Waals surface area contributed by atoms with Crippen molar-refractivity contribution in [1.82, 2.24) is 14.8 Å². The fourth-order valence-corrected chi connectivity index (χ4v) is 4.16. The van der Waals surface area contributed by atoms with Gasteiger partial charge in [0.2, 0.25) is 11.8 Å². The Balaban J connectivity index is 1.80. The highest BCUT2D eigenvalue weighted by molar-refractivity contribution is 5.87. The minimum absolute atomic E-state index is 0.0182. The fourth-order valence-electron chi connectivity index (χ4n) is 4.16. The minimum atomic E-state index is -0.585. The van der Waals surface area contributed by atoms with Crippen LogP contribution in [0.4, 0.5) is 0 Å². The second kappa shape index (κ2) is 12.6. The maximum atomic E-state index is 13.6. The summed E-state index contributed by atoms with van der Waals surface area (Å²) in [5.41, 5.74) is 2.67. The van der Waals surface area contributed by atoms with Crippen molar-refractivity contribution in [2.75, 3.05) is 40.0 Å². The third-order valence-corrected chi connectivity index (χ3v) is 6.11. The van der Waals surface area contributed by atoms with E-state index in [0.29, 0.717) is 39.3 Å². The number of carbonyl (C=O) groups excluding carboxylic acids is 2. The molecule has 2 aromatic carbocycles. The number of carbonyl (C=O) groups is 2. The number of hydrogen-bond donors (Lipinski definition) is 1. The first-order valence-electron chi connectivity index (χ1n) is 12.6. The van der Waals surface area contributed by atoms with Crippen LogP contribution in [0.1, 0.15) is 38.8 Å². The van der Waals surface area contributed by atoms with Crippen LogP contribution in [-0.2, 0) is 27.3 Å². The molecule has 0 radical (unpaired) electrons. The number of aromatic amines is 1. The second-order valence-corrected chi connectivity index (χ2v) is 9.97. The number of nitrogens with zero attached hydrogens (tertiary/aromatic N) is 2. The largest absolute Gasteiger partial charge is 0.494 e. The van der Waals surface area contributed by atoms with Crippen LogP contribution in [0.25, 0.3) is 10.9 Å². The van der Waals surface area contributed by atoms with E-state index >= 15 is 0 Å². The van der Waals surface area contributed by atoms with Crippen LogP contribution in [0.3, 0.4) is 0 Å². The maximum absolute atomic E-state index is 13.6. The van der Waals surface area contributed by atoms with Crippen LogP contribution in [0.2, 0.25) is 0 Å². The van der Waals surface area contributed by atoms with Crippen LogP contribution in [0, 0.1) is 5.41 Å². The lowest BCUT2D eigenvalue weighted by Gasteiger charge is -2.31. The van der Waals surface area contributed by atoms with Crippen molar-refractivity contribution in [3.8, 4) is 5.75 Å². The molecule has 0 fully saturated rings. The molecule has 0 atom stereocenters. The number of ether oxygens (including phenoxy) is 2. The van der Waals surface area contributed by atoms with Gasteiger partial charge in [-0.3, -0.25) is 9.59 Å². The van der Waals surface area contributed by atoms with E-state index in [1.54, 1.807) is 12.0 Å². The van der Waals surface area contributed by atoms with Crippen LogP contribution >= 0.6 is 0 Å². The van der Waals surface area contributed by atoms with Gasteiger partial charge in [-0.2, -0.15) is 0 Å². The number of nitrogens with one attached hydrogen (secondary N) is 1. The average molecular weight is 494 g/mol. The number of methoxy groups -OCH3 is 1. The highest BCUT2D eigenvalue weighted by atomic mass is 16.5. The number of rotatable bonds is 12. The molecule has 1 heterocycles. The van der Waals surface area contributed by atoms with E-state index in [2.05, 4.69) is 11.1 Å². The summed E-state index contributed by atoms with van der Waals surface area (Å²) in [5, 5.41) is 1.16. The number of aromatic nitrogens is 1. The highest BCUT2D eigenvalue weighted by Crippen LogP contribution is 2.21. The molecule has 2 amide bonds. The second-order valence-electron chi connectivity index (χ2n) is 9.97. The number of para-hydroxylation sites is 1. The molecular weight excluding hydrogens is 454 g/mol. The normalized spacial score (nSPS) is 11.5. The van der Waals surface area contributed by atoms with Gasteiger partial charge in [0.05, 0.1) is 19.8 Å². The third-order valence-electron chi connectivity index (χ3n) is 6.11. The standard InChI is InChI=1S/C29H39N3O4/c1-6-36-24-13-11-22(12-14-24)20-31(16-15-23-19-30-26-10-8-7-9-25(23)26)27(33)21-32(17-18-35-5)28(34)29(2,3)4/h7-14,19,30H,6,15-18,20-21H2,1-5H3. The molecule has 0 saturated carbocycles. The Morgan fingerprint density at radius 3 is 2.36 bits per heavy atom. The summed E-state index contributed by atoms with van der Waals surface area (Å²) >= 11 is 0. The molecule has 0 aliphatic heterocycles. The number of H-pyrrole nitrogens is 1. The summed E-state index contributed by atoms with van der Waals surface area (Å²) in [7, 11) is 1.60. The van der Waals surface area contributed by atoms with Crippen molar-refractivity contribution >= 4 is 22.7 Å². The van der Waals surface area contributed by atoms with Gasteiger partial charge in [0.15, 0.2) is 0 Å². The third kappa shape index (κ3) is 7.34. The summed E-state index contributed by atoms with van der Waals surface area (Å²) in [6.45, 7) is 9.93. The smallest absolute Gasteiger partial charge is 0.242 e. The Hall–Kier alpha value is -3.32. The first-order valence-corrected chi connectivity index (χ1v) is 12.6. The van der Waals surface area contributed by atoms with Gasteiger partial charge in [-0.15, -0.1) is 0 Å². The molecule has 0 bridgehead atoms. The van der Waals surface area contributed by atoms with E-state index in [1.807, 2.05) is 81.3 Å². The van der Waals surface area contributed by atoms with E-state index in [1.165, 1.54) is 0 Å². The Morgan fingerprint density at radius 1 is 0.972 bits per heavy atom. The summed E-state index contributed by atoms with van der Waals surface area (Å²) in [5.74, 6) is 0.655. The van der Waals surface area contributed by atoms with Crippen molar-refractivity contribution < 1.29 is 19.1 Å². The number of amides is 2. The molecule has 1 aromatic heterocycles. The molecule has 36 heavy (non-hydrogen) atoms. The predicted octanol–water partition coefficient (Wildman–Crippen LogP) is 4.66. The molecule has 0 aliphatic rings. The van der Waals surface area contributed by atoms with Crippen LogP contribution in [0.5, 0.6) is 5.75 Å². The molecular formula is C29H39N3O4. The van der Waals surface area contributed by atoms with E-state index in [-0.39, 0.29) is 18.4 Å². The monoisotopic (exact) mass is 493 g/mol. The maximum Gasteiger partial charge on any atom is 0.242 e. The van der Waals surface area contributed by atoms with Gasteiger partial charge in [0.25, 0.3) is 0 Å². The van der Waals surface area contributed by atoms with Crippen LogP contribution < -0.4 is 4.74 Å². The lowest BCUT2D eigenvalue weighted by atomic mass is 9.94. The van der Waals surface area contributed by atoms with Gasteiger partial charge >= 0.3 is 0 Å². The molecule has 0 aliphatic carbocycles. The van der Waals surface area contributed by atoms with E-state index < -0.39 is 5.41 Å². The van der Waals surface area contributed by atoms with Crippen LogP contribution in [-0.4, -0.2) is 66.6 Å². The summed E-state index contributed by atoms with van der Waals surface area (Å²) in [4.78, 5) is 33.4. The lowest BCUT2D eigenvalue weighted by Crippen LogP contribution is -2.47. The number of fused-ring (bicyclic) bond motifs is 1. The SMILES string of the molecule is CCOc1ccc(CN(CCc2c[nH]c3ccccc23)C(=O)CN(CCOC)C(=O)C(C)(C)C)cc1. The predicted molar refractivity (Wildman–Crippen MR) is 143 cm³/mol. The van der Waals surface area contributed by atoms with Crippen molar-refractivity contribution in [2.45, 2.75) is 40.7 Å². The molecule has 0 saturated heterocycles. The summed E-state index contributed by atoms with van der Waals surface area (Å²) in [6.07, 6.45) is 2.72. The molecule has 3 aromatic rings. The summed E-state index contributed by atoms with van der Waals surface area (Å²) < 4.78 is 10.8. The molecule has 7 nitrogen and oxygen atoms in total. The highest BCUT2D eigenvalue weighted by Gasteiger charge is 2.29. The average Bonchev–Trinajstić information content (AvgIpc) is 3.27. The van der Waals surface area contributed by atoms with Crippen molar-refractivity contribution in [3.63, 3.8) is 0 Å². The number of hydrogen-bond acceptors (Lipinski definition) is 4. The van der Waals surface area contributed by atoms with Crippen molar-refractivity contribution in [1.29, 1.82) is 0 Å². The van der Waals surface area contributed by atoms with Gasteiger partial charge in [0, 0.05) is 49.3 Å². The zero-order valence-corrected chi connectivity index (χ0v) is 22.2. The topological polar surface area (TPSA) is 74.9 Å². The minimum Gasteiger partial charge on any atom is -0.494 e. The molecule has 7 heteroatoms. The quantitative estimate of drug-likeness (QED) is 0.398. The zero-order valence-electron chi connectivity index (χ0n) is 22.2. The molecule has 3 rings (SSSR count). The fraction of sp³-hybridized carbons (Fsp3) is 0.448. The molecule has 0 spiro atoms. The van der Waals surface area contributed by atoms with E-state index in [9.17, 15) is 9.59 Å². The number of benzene rings is 2. The zero-order chi connectivity index (χ0) is 26.1. The Kier molecular flexibility index (Phi) is 9.53. The Bertz CT molecular complexity index is 1130. The van der Waals surface area contributed by atoms with Gasteiger partial charge in [-0.25, -0.2) is 0 Å². The van der Waals surface area contributed by atoms with Crippen molar-refractivity contribution in [3.05, 3.63) is 65.9 Å². The Morgan fingerprint density at radius 2 is 1.69 bits per heavy atom. The van der Waals surface area contributed by atoms with E-state index in [0.717, 1.165) is 27.8 Å².